The average molecular weight is 273 g/mol. The highest BCUT2D eigenvalue weighted by Crippen LogP contribution is 2.32. The van der Waals surface area contributed by atoms with Crippen molar-refractivity contribution in [3.63, 3.8) is 0 Å². The molecule has 0 amide bonds. The van der Waals surface area contributed by atoms with Gasteiger partial charge in [0.2, 0.25) is 0 Å². The van der Waals surface area contributed by atoms with Gasteiger partial charge in [-0.15, -0.1) is 0 Å². The van der Waals surface area contributed by atoms with Crippen molar-refractivity contribution in [1.29, 1.82) is 0 Å². The zero-order valence-electron chi connectivity index (χ0n) is 12.3. The fraction of sp³-hybridized carbons (Fsp3) is 0.600. The lowest BCUT2D eigenvalue weighted by Crippen LogP contribution is -2.28. The minimum atomic E-state index is 0.848. The molecular weight excluding hydrogens is 250 g/mol. The summed E-state index contributed by atoms with van der Waals surface area (Å²) in [7, 11) is 0. The van der Waals surface area contributed by atoms with Crippen molar-refractivity contribution in [3.8, 4) is 0 Å². The normalized spacial score (nSPS) is 14.7. The van der Waals surface area contributed by atoms with E-state index in [1.807, 2.05) is 18.6 Å². The van der Waals surface area contributed by atoms with Gasteiger partial charge in [-0.1, -0.05) is 6.92 Å². The highest BCUT2D eigenvalue weighted by Gasteiger charge is 2.26. The molecule has 5 heteroatoms. The van der Waals surface area contributed by atoms with Crippen molar-refractivity contribution in [2.45, 2.75) is 33.1 Å². The Morgan fingerprint density at radius 1 is 1.40 bits per heavy atom. The third-order valence-corrected chi connectivity index (χ3v) is 3.68. The first kappa shape index (κ1) is 13.2. The van der Waals surface area contributed by atoms with Crippen LogP contribution in [0, 0.1) is 5.92 Å². The molecule has 20 heavy (non-hydrogen) atoms. The molecule has 1 saturated carbocycles. The molecule has 0 unspecified atom stereocenters. The smallest absolute Gasteiger partial charge is 0.180 e. The summed E-state index contributed by atoms with van der Waals surface area (Å²) in [6.07, 6.45) is 9.69. The molecule has 0 saturated heterocycles. The van der Waals surface area contributed by atoms with Gasteiger partial charge < -0.3 is 14.6 Å². The fourth-order valence-electron chi connectivity index (χ4n) is 2.56. The van der Waals surface area contributed by atoms with Crippen LogP contribution >= 0.6 is 0 Å². The first-order chi connectivity index (χ1) is 9.81. The Morgan fingerprint density at radius 2 is 2.25 bits per heavy atom. The third kappa shape index (κ3) is 2.71. The number of nitrogens with one attached hydrogen (secondary N) is 1. The van der Waals surface area contributed by atoms with Gasteiger partial charge in [-0.3, -0.25) is 0 Å². The number of fused-ring (bicyclic) bond motifs is 1. The minimum Gasteiger partial charge on any atom is -0.369 e. The van der Waals surface area contributed by atoms with Gasteiger partial charge in [0.25, 0.3) is 0 Å². The van der Waals surface area contributed by atoms with Gasteiger partial charge in [-0.05, 0) is 32.1 Å². The van der Waals surface area contributed by atoms with E-state index in [-0.39, 0.29) is 0 Å². The molecule has 0 bridgehead atoms. The standard InChI is InChI=1S/C15H23N5/c1-3-8-19(10-12-5-6-12)15-14-17-7-9-20(14)11-13(18-15)16-4-2/h7,9,11-12,16H,3-6,8,10H2,1-2H3. The predicted molar refractivity (Wildman–Crippen MR) is 82.4 cm³/mol. The highest BCUT2D eigenvalue weighted by atomic mass is 15.2. The lowest BCUT2D eigenvalue weighted by molar-refractivity contribution is 0.699. The Bertz CT molecular complexity index is 573. The van der Waals surface area contributed by atoms with Crippen LogP contribution in [0.25, 0.3) is 5.65 Å². The van der Waals surface area contributed by atoms with Gasteiger partial charge in [0.1, 0.15) is 5.82 Å². The molecule has 1 aliphatic rings. The van der Waals surface area contributed by atoms with Gasteiger partial charge in [-0.2, -0.15) is 0 Å². The van der Waals surface area contributed by atoms with Gasteiger partial charge in [-0.25, -0.2) is 9.97 Å². The lowest BCUT2D eigenvalue weighted by atomic mass is 10.3. The van der Waals surface area contributed by atoms with Crippen molar-refractivity contribution in [1.82, 2.24) is 14.4 Å². The van der Waals surface area contributed by atoms with Crippen molar-refractivity contribution < 1.29 is 0 Å². The van der Waals surface area contributed by atoms with Gasteiger partial charge in [0.05, 0.1) is 6.20 Å². The van der Waals surface area contributed by atoms with Crippen LogP contribution in [0.3, 0.4) is 0 Å². The van der Waals surface area contributed by atoms with Crippen LogP contribution in [0.2, 0.25) is 0 Å². The lowest BCUT2D eigenvalue weighted by Gasteiger charge is -2.24. The maximum Gasteiger partial charge on any atom is 0.180 e. The quantitative estimate of drug-likeness (QED) is 0.842. The Kier molecular flexibility index (Phi) is 3.76. The first-order valence-electron chi connectivity index (χ1n) is 7.64. The van der Waals surface area contributed by atoms with E-state index in [1.54, 1.807) is 0 Å². The maximum absolute atomic E-state index is 4.79. The van der Waals surface area contributed by atoms with Gasteiger partial charge in [0.15, 0.2) is 11.5 Å². The number of nitrogens with zero attached hydrogens (tertiary/aromatic N) is 4. The van der Waals surface area contributed by atoms with Crippen LogP contribution < -0.4 is 10.2 Å². The van der Waals surface area contributed by atoms with E-state index in [2.05, 4.69) is 33.4 Å². The Morgan fingerprint density at radius 3 is 2.95 bits per heavy atom. The topological polar surface area (TPSA) is 45.5 Å². The van der Waals surface area contributed by atoms with E-state index in [0.717, 1.165) is 49.3 Å². The van der Waals surface area contributed by atoms with Crippen molar-refractivity contribution >= 4 is 17.3 Å². The van der Waals surface area contributed by atoms with E-state index in [0.29, 0.717) is 0 Å². The molecule has 0 aromatic carbocycles. The molecule has 2 aromatic rings. The Balaban J connectivity index is 1.98. The van der Waals surface area contributed by atoms with Crippen LogP contribution in [0.4, 0.5) is 11.6 Å². The minimum absolute atomic E-state index is 0.848. The molecule has 1 aliphatic carbocycles. The van der Waals surface area contributed by atoms with E-state index < -0.39 is 0 Å². The molecule has 0 atom stereocenters. The molecule has 0 spiro atoms. The number of rotatable bonds is 7. The van der Waals surface area contributed by atoms with Crippen LogP contribution in [-0.4, -0.2) is 34.0 Å². The molecule has 0 radical (unpaired) electrons. The SMILES string of the molecule is CCCN(CC1CC1)c1nc(NCC)cn2ccnc12. The molecular formula is C15H23N5. The summed E-state index contributed by atoms with van der Waals surface area (Å²) in [5.74, 6) is 2.79. The second-order valence-electron chi connectivity index (χ2n) is 5.53. The summed E-state index contributed by atoms with van der Waals surface area (Å²) in [5, 5.41) is 3.31. The number of hydrogen-bond donors (Lipinski definition) is 1. The highest BCUT2D eigenvalue weighted by molar-refractivity contribution is 5.67. The van der Waals surface area contributed by atoms with Crippen molar-refractivity contribution in [2.75, 3.05) is 29.9 Å². The van der Waals surface area contributed by atoms with E-state index in [1.165, 1.54) is 12.8 Å². The van der Waals surface area contributed by atoms with Gasteiger partial charge in [0, 0.05) is 32.0 Å². The predicted octanol–water partition coefficient (Wildman–Crippen LogP) is 2.79. The number of hydrogen-bond acceptors (Lipinski definition) is 4. The molecule has 108 valence electrons. The molecule has 0 aliphatic heterocycles. The van der Waals surface area contributed by atoms with E-state index in [4.69, 9.17) is 4.98 Å². The Hall–Kier alpha value is -1.78. The summed E-state index contributed by atoms with van der Waals surface area (Å²) in [6.45, 7) is 7.34. The molecule has 3 rings (SSSR count). The van der Waals surface area contributed by atoms with Crippen LogP contribution in [-0.2, 0) is 0 Å². The Labute approximate surface area is 120 Å². The summed E-state index contributed by atoms with van der Waals surface area (Å²) in [6, 6.07) is 0. The van der Waals surface area contributed by atoms with Crippen molar-refractivity contribution in [2.24, 2.45) is 5.92 Å². The second kappa shape index (κ2) is 5.69. The summed E-state index contributed by atoms with van der Waals surface area (Å²) in [4.78, 5) is 11.7. The zero-order valence-corrected chi connectivity index (χ0v) is 12.3. The molecule has 1 fully saturated rings. The second-order valence-corrected chi connectivity index (χ2v) is 5.53. The number of anilines is 2. The molecule has 2 heterocycles. The molecule has 1 N–H and O–H groups in total. The summed E-state index contributed by atoms with van der Waals surface area (Å²) >= 11 is 0. The third-order valence-electron chi connectivity index (χ3n) is 3.68. The summed E-state index contributed by atoms with van der Waals surface area (Å²) < 4.78 is 2.07. The van der Waals surface area contributed by atoms with Crippen LogP contribution in [0.5, 0.6) is 0 Å². The van der Waals surface area contributed by atoms with Crippen molar-refractivity contribution in [3.05, 3.63) is 18.6 Å². The van der Waals surface area contributed by atoms with Crippen LogP contribution in [0.15, 0.2) is 18.6 Å². The van der Waals surface area contributed by atoms with E-state index >= 15 is 0 Å². The maximum atomic E-state index is 4.79. The summed E-state index contributed by atoms with van der Waals surface area (Å²) in [5.41, 5.74) is 0.959. The fourth-order valence-corrected chi connectivity index (χ4v) is 2.56. The molecule has 2 aromatic heterocycles. The zero-order chi connectivity index (χ0) is 13.9. The van der Waals surface area contributed by atoms with Crippen LogP contribution in [0.1, 0.15) is 33.1 Å². The van der Waals surface area contributed by atoms with E-state index in [9.17, 15) is 0 Å². The first-order valence-corrected chi connectivity index (χ1v) is 7.64. The monoisotopic (exact) mass is 273 g/mol. The average Bonchev–Trinajstić information content (AvgIpc) is 3.13. The number of imidazole rings is 1. The largest absolute Gasteiger partial charge is 0.369 e. The van der Waals surface area contributed by atoms with Gasteiger partial charge >= 0.3 is 0 Å². The molecule has 5 nitrogen and oxygen atoms in total. The number of aromatic nitrogens is 3.